The van der Waals surface area contributed by atoms with E-state index >= 15 is 0 Å². The summed E-state index contributed by atoms with van der Waals surface area (Å²) < 4.78 is 0. The van der Waals surface area contributed by atoms with Gasteiger partial charge in [-0.25, -0.2) is 0 Å². The van der Waals surface area contributed by atoms with Crippen LogP contribution in [0, 0.1) is 5.92 Å². The lowest BCUT2D eigenvalue weighted by Gasteiger charge is -2.40. The van der Waals surface area contributed by atoms with Gasteiger partial charge in [-0.1, -0.05) is 20.3 Å². The van der Waals surface area contributed by atoms with Gasteiger partial charge >= 0.3 is 0 Å². The Kier molecular flexibility index (Phi) is 4.56. The Morgan fingerprint density at radius 1 is 1.40 bits per heavy atom. The van der Waals surface area contributed by atoms with Gasteiger partial charge in [0.05, 0.1) is 11.7 Å². The molecule has 0 amide bonds. The van der Waals surface area contributed by atoms with Gasteiger partial charge in [-0.3, -0.25) is 0 Å². The maximum atomic E-state index is 10.2. The molecule has 0 saturated heterocycles. The molecule has 0 heterocycles. The highest BCUT2D eigenvalue weighted by Crippen LogP contribution is 2.38. The van der Waals surface area contributed by atoms with Crippen molar-refractivity contribution in [3.8, 4) is 0 Å². The highest BCUT2D eigenvalue weighted by atomic mass is 16.3. The van der Waals surface area contributed by atoms with Crippen molar-refractivity contribution < 1.29 is 10.2 Å². The van der Waals surface area contributed by atoms with Crippen molar-refractivity contribution in [1.29, 1.82) is 0 Å². The van der Waals surface area contributed by atoms with E-state index in [1.165, 1.54) is 6.42 Å². The summed E-state index contributed by atoms with van der Waals surface area (Å²) in [6.45, 7) is 6.53. The summed E-state index contributed by atoms with van der Waals surface area (Å²) in [6.07, 6.45) is 3.48. The second kappa shape index (κ2) is 5.28. The maximum Gasteiger partial charge on any atom is 0.0692 e. The lowest BCUT2D eigenvalue weighted by Crippen LogP contribution is -2.44. The fourth-order valence-electron chi connectivity index (χ4n) is 2.12. The molecular formula is C12H25NO2. The lowest BCUT2D eigenvalue weighted by atomic mass is 9.71. The highest BCUT2D eigenvalue weighted by Gasteiger charge is 2.37. The van der Waals surface area contributed by atoms with E-state index in [4.69, 9.17) is 0 Å². The van der Waals surface area contributed by atoms with Gasteiger partial charge in [-0.2, -0.15) is 0 Å². The minimum Gasteiger partial charge on any atom is -0.392 e. The molecule has 0 aromatic rings. The van der Waals surface area contributed by atoms with Crippen molar-refractivity contribution in [2.75, 3.05) is 6.54 Å². The fraction of sp³-hybridized carbons (Fsp3) is 1.00. The molecule has 0 aromatic heterocycles. The Balaban J connectivity index is 2.25. The fourth-order valence-corrected chi connectivity index (χ4v) is 2.12. The van der Waals surface area contributed by atoms with E-state index in [1.807, 2.05) is 6.92 Å². The summed E-state index contributed by atoms with van der Waals surface area (Å²) in [5, 5.41) is 23.1. The van der Waals surface area contributed by atoms with Gasteiger partial charge in [0.2, 0.25) is 0 Å². The molecule has 1 fully saturated rings. The van der Waals surface area contributed by atoms with E-state index in [1.54, 1.807) is 0 Å². The molecule has 3 nitrogen and oxygen atoms in total. The van der Waals surface area contributed by atoms with Gasteiger partial charge in [-0.15, -0.1) is 0 Å². The van der Waals surface area contributed by atoms with Gasteiger partial charge < -0.3 is 15.5 Å². The average molecular weight is 215 g/mol. The first-order valence-electron chi connectivity index (χ1n) is 6.05. The molecule has 15 heavy (non-hydrogen) atoms. The predicted molar refractivity (Wildman–Crippen MR) is 61.7 cm³/mol. The van der Waals surface area contributed by atoms with Gasteiger partial charge in [-0.05, 0) is 25.7 Å². The van der Waals surface area contributed by atoms with Gasteiger partial charge in [0.15, 0.2) is 0 Å². The van der Waals surface area contributed by atoms with Crippen LogP contribution in [0.25, 0.3) is 0 Å². The SMILES string of the molecule is CC(C)NC[C@H](O)C[C@@](C)(O)C1CCC1. The Morgan fingerprint density at radius 2 is 2.00 bits per heavy atom. The van der Waals surface area contributed by atoms with E-state index < -0.39 is 11.7 Å². The summed E-state index contributed by atoms with van der Waals surface area (Å²) in [6, 6.07) is 0.383. The van der Waals surface area contributed by atoms with Crippen LogP contribution >= 0.6 is 0 Å². The summed E-state index contributed by atoms with van der Waals surface area (Å²) >= 11 is 0. The normalized spacial score (nSPS) is 23.6. The maximum absolute atomic E-state index is 10.2. The first-order chi connectivity index (χ1) is 6.92. The third-order valence-electron chi connectivity index (χ3n) is 3.40. The number of nitrogens with one attached hydrogen (secondary N) is 1. The monoisotopic (exact) mass is 215 g/mol. The number of aliphatic hydroxyl groups excluding tert-OH is 1. The Bertz CT molecular complexity index is 188. The van der Waals surface area contributed by atoms with Crippen LogP contribution in [0.3, 0.4) is 0 Å². The van der Waals surface area contributed by atoms with Crippen LogP contribution in [0.5, 0.6) is 0 Å². The van der Waals surface area contributed by atoms with E-state index in [2.05, 4.69) is 19.2 Å². The zero-order chi connectivity index (χ0) is 11.5. The minimum absolute atomic E-state index is 0.383. The zero-order valence-electron chi connectivity index (χ0n) is 10.2. The van der Waals surface area contributed by atoms with Crippen LogP contribution < -0.4 is 5.32 Å². The summed E-state index contributed by atoms with van der Waals surface area (Å²) in [4.78, 5) is 0. The third-order valence-corrected chi connectivity index (χ3v) is 3.40. The molecule has 0 aromatic carbocycles. The smallest absolute Gasteiger partial charge is 0.0692 e. The predicted octanol–water partition coefficient (Wildman–Crippen LogP) is 1.29. The molecule has 1 aliphatic carbocycles. The quantitative estimate of drug-likeness (QED) is 0.626. The number of aliphatic hydroxyl groups is 2. The summed E-state index contributed by atoms with van der Waals surface area (Å²) in [5.41, 5.74) is -0.684. The van der Waals surface area contributed by atoms with Crippen molar-refractivity contribution in [2.45, 2.75) is 64.2 Å². The molecule has 0 radical (unpaired) electrons. The molecule has 90 valence electrons. The number of rotatable bonds is 6. The Labute approximate surface area is 92.9 Å². The van der Waals surface area contributed by atoms with Crippen LogP contribution in [0.1, 0.15) is 46.5 Å². The van der Waals surface area contributed by atoms with Crippen molar-refractivity contribution in [1.82, 2.24) is 5.32 Å². The van der Waals surface area contributed by atoms with Gasteiger partial charge in [0.25, 0.3) is 0 Å². The second-order valence-corrected chi connectivity index (χ2v) is 5.41. The van der Waals surface area contributed by atoms with E-state index in [9.17, 15) is 10.2 Å². The van der Waals surface area contributed by atoms with Gasteiger partial charge in [0, 0.05) is 19.0 Å². The Morgan fingerprint density at radius 3 is 2.40 bits per heavy atom. The molecule has 1 rings (SSSR count). The van der Waals surface area contributed by atoms with Crippen LogP contribution in [0.2, 0.25) is 0 Å². The van der Waals surface area contributed by atoms with Crippen LogP contribution in [-0.4, -0.2) is 34.5 Å². The standard InChI is InChI=1S/C12H25NO2/c1-9(2)13-8-11(14)7-12(3,15)10-5-4-6-10/h9-11,13-15H,4-8H2,1-3H3/t11-,12-/m1/s1. The Hall–Kier alpha value is -0.120. The number of hydrogen-bond acceptors (Lipinski definition) is 3. The lowest BCUT2D eigenvalue weighted by molar-refractivity contribution is -0.0668. The third kappa shape index (κ3) is 4.09. The van der Waals surface area contributed by atoms with E-state index in [-0.39, 0.29) is 0 Å². The molecule has 0 aliphatic heterocycles. The van der Waals surface area contributed by atoms with Crippen molar-refractivity contribution >= 4 is 0 Å². The minimum atomic E-state index is -0.684. The van der Waals surface area contributed by atoms with Crippen LogP contribution in [0.4, 0.5) is 0 Å². The molecular weight excluding hydrogens is 190 g/mol. The van der Waals surface area contributed by atoms with Crippen molar-refractivity contribution in [3.63, 3.8) is 0 Å². The molecule has 1 saturated carbocycles. The van der Waals surface area contributed by atoms with Crippen molar-refractivity contribution in [3.05, 3.63) is 0 Å². The summed E-state index contributed by atoms with van der Waals surface area (Å²) in [7, 11) is 0. The average Bonchev–Trinajstić information content (AvgIpc) is 1.95. The molecule has 1 aliphatic rings. The zero-order valence-corrected chi connectivity index (χ0v) is 10.2. The second-order valence-electron chi connectivity index (χ2n) is 5.41. The first kappa shape index (κ1) is 12.9. The largest absolute Gasteiger partial charge is 0.392 e. The van der Waals surface area contributed by atoms with Crippen molar-refractivity contribution in [2.24, 2.45) is 5.92 Å². The van der Waals surface area contributed by atoms with Crippen LogP contribution in [0.15, 0.2) is 0 Å². The van der Waals surface area contributed by atoms with Crippen LogP contribution in [-0.2, 0) is 0 Å². The van der Waals surface area contributed by atoms with Gasteiger partial charge in [0.1, 0.15) is 0 Å². The number of hydrogen-bond donors (Lipinski definition) is 3. The van der Waals surface area contributed by atoms with E-state index in [0.29, 0.717) is 24.9 Å². The molecule has 2 atom stereocenters. The van der Waals surface area contributed by atoms with E-state index in [0.717, 1.165) is 12.8 Å². The topological polar surface area (TPSA) is 52.5 Å². The molecule has 0 spiro atoms. The molecule has 0 unspecified atom stereocenters. The molecule has 3 N–H and O–H groups in total. The molecule has 0 bridgehead atoms. The first-order valence-corrected chi connectivity index (χ1v) is 6.05. The highest BCUT2D eigenvalue weighted by molar-refractivity contribution is 4.89. The summed E-state index contributed by atoms with van der Waals surface area (Å²) in [5.74, 6) is 0.395. The molecule has 3 heteroatoms.